The zero-order valence-corrected chi connectivity index (χ0v) is 15.1. The molecule has 23 heavy (non-hydrogen) atoms. The van der Waals surface area contributed by atoms with Crippen LogP contribution in [0.4, 0.5) is 0 Å². The summed E-state index contributed by atoms with van der Waals surface area (Å²) in [4.78, 5) is 14.4. The van der Waals surface area contributed by atoms with E-state index in [9.17, 15) is 4.79 Å². The van der Waals surface area contributed by atoms with Crippen LogP contribution in [0.15, 0.2) is 53.0 Å². The van der Waals surface area contributed by atoms with Crippen molar-refractivity contribution in [2.45, 2.75) is 19.0 Å². The van der Waals surface area contributed by atoms with Crippen LogP contribution in [0.25, 0.3) is 0 Å². The molecule has 2 rings (SSSR count). The van der Waals surface area contributed by atoms with Crippen LogP contribution in [-0.4, -0.2) is 25.0 Å². The summed E-state index contributed by atoms with van der Waals surface area (Å²) in [5, 5.41) is 0. The van der Waals surface area contributed by atoms with Gasteiger partial charge in [0, 0.05) is 23.6 Å². The number of rotatable bonds is 5. The lowest BCUT2D eigenvalue weighted by Gasteiger charge is -2.30. The smallest absolute Gasteiger partial charge is 0.247 e. The fourth-order valence-electron chi connectivity index (χ4n) is 2.48. The molecule has 0 aromatic heterocycles. The van der Waals surface area contributed by atoms with E-state index in [-0.39, 0.29) is 5.91 Å². The van der Waals surface area contributed by atoms with Crippen LogP contribution in [0.5, 0.6) is 5.75 Å². The van der Waals surface area contributed by atoms with E-state index in [4.69, 9.17) is 10.5 Å². The molecule has 0 aliphatic heterocycles. The second-order valence-corrected chi connectivity index (χ2v) is 6.60. The van der Waals surface area contributed by atoms with Crippen LogP contribution >= 0.6 is 15.9 Å². The van der Waals surface area contributed by atoms with Crippen molar-refractivity contribution in [1.82, 2.24) is 4.90 Å². The van der Waals surface area contributed by atoms with Gasteiger partial charge in [-0.25, -0.2) is 0 Å². The van der Waals surface area contributed by atoms with Gasteiger partial charge < -0.3 is 15.4 Å². The fraction of sp³-hybridized carbons (Fsp3) is 0.278. The maximum Gasteiger partial charge on any atom is 0.247 e. The van der Waals surface area contributed by atoms with Gasteiger partial charge >= 0.3 is 0 Å². The second kappa shape index (κ2) is 7.15. The zero-order chi connectivity index (χ0) is 17.0. The molecule has 5 heteroatoms. The van der Waals surface area contributed by atoms with Gasteiger partial charge in [-0.15, -0.1) is 0 Å². The average Bonchev–Trinajstić information content (AvgIpc) is 2.55. The van der Waals surface area contributed by atoms with Crippen molar-refractivity contribution in [3.05, 3.63) is 64.1 Å². The van der Waals surface area contributed by atoms with Gasteiger partial charge in [-0.2, -0.15) is 0 Å². The van der Waals surface area contributed by atoms with Gasteiger partial charge in [0.05, 0.1) is 7.11 Å². The number of hydrogen-bond donors (Lipinski definition) is 1. The Morgan fingerprint density at radius 1 is 1.22 bits per heavy atom. The third kappa shape index (κ3) is 3.92. The summed E-state index contributed by atoms with van der Waals surface area (Å²) in [5.41, 5.74) is 6.95. The van der Waals surface area contributed by atoms with Gasteiger partial charge in [-0.1, -0.05) is 46.3 Å². The Bertz CT molecular complexity index is 684. The van der Waals surface area contributed by atoms with Crippen molar-refractivity contribution >= 4 is 21.8 Å². The first kappa shape index (κ1) is 17.5. The van der Waals surface area contributed by atoms with Crippen LogP contribution in [-0.2, 0) is 16.9 Å². The molecule has 2 aromatic carbocycles. The Kier molecular flexibility index (Phi) is 5.44. The highest BCUT2D eigenvalue weighted by Gasteiger charge is 2.33. The minimum Gasteiger partial charge on any atom is -0.496 e. The maximum atomic E-state index is 12.8. The molecule has 0 spiro atoms. The molecular formula is C18H21BrN2O2. The van der Waals surface area contributed by atoms with Gasteiger partial charge in [0.1, 0.15) is 11.3 Å². The quantitative estimate of drug-likeness (QED) is 0.870. The second-order valence-electron chi connectivity index (χ2n) is 5.68. The standard InChI is InChI=1S/C18H21BrN2O2/c1-18(20,14-8-10-15(19)11-9-14)17(22)21(2)12-13-6-4-5-7-16(13)23-3/h4-11H,12,20H2,1-3H3. The van der Waals surface area contributed by atoms with Crippen molar-refractivity contribution in [1.29, 1.82) is 0 Å². The predicted molar refractivity (Wildman–Crippen MR) is 95.1 cm³/mol. The first-order valence-corrected chi connectivity index (χ1v) is 8.08. The van der Waals surface area contributed by atoms with Crippen LogP contribution in [0.2, 0.25) is 0 Å². The monoisotopic (exact) mass is 376 g/mol. The number of likely N-dealkylation sites (N-methyl/N-ethyl adjacent to an activating group) is 1. The number of methoxy groups -OCH3 is 1. The van der Waals surface area contributed by atoms with E-state index in [1.807, 2.05) is 48.5 Å². The lowest BCUT2D eigenvalue weighted by atomic mass is 9.91. The number of nitrogens with two attached hydrogens (primary N) is 1. The molecule has 0 saturated heterocycles. The molecule has 122 valence electrons. The minimum atomic E-state index is -1.09. The third-order valence-corrected chi connectivity index (χ3v) is 4.36. The van der Waals surface area contributed by atoms with Crippen molar-refractivity contribution < 1.29 is 9.53 Å². The Hall–Kier alpha value is -1.85. The minimum absolute atomic E-state index is 0.147. The summed E-state index contributed by atoms with van der Waals surface area (Å²) >= 11 is 3.39. The van der Waals surface area contributed by atoms with E-state index in [2.05, 4.69) is 15.9 Å². The lowest BCUT2D eigenvalue weighted by molar-refractivity contribution is -0.136. The number of ether oxygens (including phenoxy) is 1. The molecular weight excluding hydrogens is 356 g/mol. The summed E-state index contributed by atoms with van der Waals surface area (Å²) < 4.78 is 6.29. The fourth-order valence-corrected chi connectivity index (χ4v) is 2.74. The topological polar surface area (TPSA) is 55.6 Å². The van der Waals surface area contributed by atoms with Crippen molar-refractivity contribution in [2.24, 2.45) is 5.73 Å². The van der Waals surface area contributed by atoms with Gasteiger partial charge in [-0.3, -0.25) is 4.79 Å². The van der Waals surface area contributed by atoms with Crippen molar-refractivity contribution in [3.8, 4) is 5.75 Å². The van der Waals surface area contributed by atoms with Gasteiger partial charge in [0.25, 0.3) is 0 Å². The number of carbonyl (C=O) groups excluding carboxylic acids is 1. The van der Waals surface area contributed by atoms with Gasteiger partial charge in [-0.05, 0) is 30.7 Å². The van der Waals surface area contributed by atoms with E-state index in [0.29, 0.717) is 6.54 Å². The summed E-state index contributed by atoms with van der Waals surface area (Å²) in [5.74, 6) is 0.611. The number of hydrogen-bond acceptors (Lipinski definition) is 3. The van der Waals surface area contributed by atoms with Crippen LogP contribution < -0.4 is 10.5 Å². The SMILES string of the molecule is COc1ccccc1CN(C)C(=O)C(C)(N)c1ccc(Br)cc1. The van der Waals surface area contributed by atoms with E-state index in [1.165, 1.54) is 0 Å². The van der Waals surface area contributed by atoms with Crippen LogP contribution in [0, 0.1) is 0 Å². The van der Waals surface area contributed by atoms with E-state index >= 15 is 0 Å². The number of halogens is 1. The molecule has 0 saturated carbocycles. The normalized spacial score (nSPS) is 13.3. The largest absolute Gasteiger partial charge is 0.496 e. The summed E-state index contributed by atoms with van der Waals surface area (Å²) in [6.45, 7) is 2.17. The first-order chi connectivity index (χ1) is 10.9. The molecule has 4 nitrogen and oxygen atoms in total. The van der Waals surface area contributed by atoms with Crippen molar-refractivity contribution in [2.75, 3.05) is 14.2 Å². The lowest BCUT2D eigenvalue weighted by Crippen LogP contribution is -2.49. The summed E-state index contributed by atoms with van der Waals surface area (Å²) in [7, 11) is 3.37. The van der Waals surface area contributed by atoms with Crippen LogP contribution in [0.3, 0.4) is 0 Å². The number of benzene rings is 2. The average molecular weight is 377 g/mol. The molecule has 2 N–H and O–H groups in total. The molecule has 0 bridgehead atoms. The zero-order valence-electron chi connectivity index (χ0n) is 13.5. The molecule has 0 radical (unpaired) electrons. The maximum absolute atomic E-state index is 12.8. The summed E-state index contributed by atoms with van der Waals surface area (Å²) in [6, 6.07) is 15.1. The first-order valence-electron chi connectivity index (χ1n) is 7.28. The molecule has 0 fully saturated rings. The van der Waals surface area contributed by atoms with Crippen molar-refractivity contribution in [3.63, 3.8) is 0 Å². The Labute approximate surface area is 145 Å². The number of amides is 1. The number of nitrogens with zero attached hydrogens (tertiary/aromatic N) is 1. The van der Waals surface area contributed by atoms with Crippen LogP contribution in [0.1, 0.15) is 18.1 Å². The van der Waals surface area contributed by atoms with Gasteiger partial charge in [0.15, 0.2) is 0 Å². The Balaban J connectivity index is 2.19. The third-order valence-electron chi connectivity index (χ3n) is 3.83. The molecule has 0 aliphatic carbocycles. The summed E-state index contributed by atoms with van der Waals surface area (Å²) in [6.07, 6.45) is 0. The molecule has 1 unspecified atom stereocenters. The number of para-hydroxylation sites is 1. The highest BCUT2D eigenvalue weighted by molar-refractivity contribution is 9.10. The molecule has 2 aromatic rings. The predicted octanol–water partition coefficient (Wildman–Crippen LogP) is 3.29. The highest BCUT2D eigenvalue weighted by Crippen LogP contribution is 2.24. The van der Waals surface area contributed by atoms with E-state index in [0.717, 1.165) is 21.3 Å². The molecule has 1 amide bonds. The highest BCUT2D eigenvalue weighted by atomic mass is 79.9. The van der Waals surface area contributed by atoms with E-state index in [1.54, 1.807) is 26.0 Å². The Morgan fingerprint density at radius 2 is 1.83 bits per heavy atom. The molecule has 1 atom stereocenters. The van der Waals surface area contributed by atoms with Gasteiger partial charge in [0.2, 0.25) is 5.91 Å². The number of carbonyl (C=O) groups is 1. The molecule has 0 heterocycles. The van der Waals surface area contributed by atoms with E-state index < -0.39 is 5.54 Å². The Morgan fingerprint density at radius 3 is 2.43 bits per heavy atom. The molecule has 0 aliphatic rings.